The first kappa shape index (κ1) is 21.0. The van der Waals surface area contributed by atoms with E-state index in [1.807, 2.05) is 4.90 Å². The lowest BCUT2D eigenvalue weighted by Gasteiger charge is -2.35. The molecule has 3 heterocycles. The summed E-state index contributed by atoms with van der Waals surface area (Å²) in [4.78, 5) is 17.1. The lowest BCUT2D eigenvalue weighted by molar-refractivity contribution is -0.144. The van der Waals surface area contributed by atoms with E-state index in [4.69, 9.17) is 10.5 Å². The monoisotopic (exact) mass is 367 g/mol. The summed E-state index contributed by atoms with van der Waals surface area (Å²) in [6.45, 7) is 6.12. The highest BCUT2D eigenvalue weighted by atomic mass is 35.5. The number of nitrogens with zero attached hydrogens (tertiary/aromatic N) is 2. The number of piperidine rings is 1. The summed E-state index contributed by atoms with van der Waals surface area (Å²) >= 11 is 0. The summed E-state index contributed by atoms with van der Waals surface area (Å²) in [5.41, 5.74) is 5.62. The minimum atomic E-state index is -0.228. The molecule has 0 aromatic rings. The lowest BCUT2D eigenvalue weighted by Crippen LogP contribution is -2.45. The van der Waals surface area contributed by atoms with Gasteiger partial charge >= 0.3 is 0 Å². The SMILES string of the molecule is Cl.Cl.NC[C@H]1CC[C@@H](C(=O)N2CCC(CN3CCCC3)CC2)O1. The molecule has 2 N–H and O–H groups in total. The zero-order valence-electron chi connectivity index (χ0n) is 13.8. The molecule has 0 spiro atoms. The van der Waals surface area contributed by atoms with Crippen LogP contribution < -0.4 is 5.73 Å². The molecule has 23 heavy (non-hydrogen) atoms. The molecule has 0 unspecified atom stereocenters. The zero-order chi connectivity index (χ0) is 14.7. The van der Waals surface area contributed by atoms with Gasteiger partial charge in [0.15, 0.2) is 0 Å². The van der Waals surface area contributed by atoms with Gasteiger partial charge in [0.05, 0.1) is 6.10 Å². The highest BCUT2D eigenvalue weighted by Gasteiger charge is 2.34. The second-order valence-electron chi connectivity index (χ2n) is 6.84. The van der Waals surface area contributed by atoms with Gasteiger partial charge in [-0.05, 0) is 57.5 Å². The first-order valence-electron chi connectivity index (χ1n) is 8.63. The fraction of sp³-hybridized carbons (Fsp3) is 0.938. The molecule has 0 aromatic heterocycles. The number of ether oxygens (including phenoxy) is 1. The molecule has 0 aliphatic carbocycles. The third kappa shape index (κ3) is 5.46. The van der Waals surface area contributed by atoms with Gasteiger partial charge in [0, 0.05) is 26.2 Å². The molecule has 0 bridgehead atoms. The molecule has 0 saturated carbocycles. The summed E-state index contributed by atoms with van der Waals surface area (Å²) in [6, 6.07) is 0. The second-order valence-corrected chi connectivity index (χ2v) is 6.84. The van der Waals surface area contributed by atoms with Gasteiger partial charge in [-0.3, -0.25) is 4.79 Å². The molecule has 3 aliphatic rings. The molecule has 3 aliphatic heterocycles. The number of halogens is 2. The molecule has 3 fully saturated rings. The predicted octanol–water partition coefficient (Wildman–Crippen LogP) is 1.67. The van der Waals surface area contributed by atoms with Crippen molar-refractivity contribution in [1.29, 1.82) is 0 Å². The Balaban J connectivity index is 0.00000132. The summed E-state index contributed by atoms with van der Waals surface area (Å²) in [5, 5.41) is 0. The minimum Gasteiger partial charge on any atom is -0.364 e. The Labute approximate surface area is 152 Å². The summed E-state index contributed by atoms with van der Waals surface area (Å²) in [7, 11) is 0. The van der Waals surface area contributed by atoms with Crippen LogP contribution in [0.1, 0.15) is 38.5 Å². The van der Waals surface area contributed by atoms with E-state index in [2.05, 4.69) is 4.90 Å². The van der Waals surface area contributed by atoms with Crippen molar-refractivity contribution in [3.8, 4) is 0 Å². The van der Waals surface area contributed by atoms with Crippen LogP contribution in [0.3, 0.4) is 0 Å². The predicted molar refractivity (Wildman–Crippen MR) is 96.4 cm³/mol. The molecule has 2 atom stereocenters. The summed E-state index contributed by atoms with van der Waals surface area (Å²) in [5.74, 6) is 0.971. The fourth-order valence-corrected chi connectivity index (χ4v) is 3.93. The molecule has 136 valence electrons. The van der Waals surface area contributed by atoms with E-state index >= 15 is 0 Å². The van der Waals surface area contributed by atoms with Crippen LogP contribution in [-0.2, 0) is 9.53 Å². The van der Waals surface area contributed by atoms with Crippen LogP contribution in [-0.4, -0.2) is 67.2 Å². The Morgan fingerprint density at radius 2 is 1.65 bits per heavy atom. The average Bonchev–Trinajstić information content (AvgIpc) is 3.18. The van der Waals surface area contributed by atoms with Gasteiger partial charge in [0.25, 0.3) is 5.91 Å². The molecular formula is C16H31Cl2N3O2. The topological polar surface area (TPSA) is 58.8 Å². The minimum absolute atomic E-state index is 0. The van der Waals surface area contributed by atoms with Crippen molar-refractivity contribution in [3.63, 3.8) is 0 Å². The van der Waals surface area contributed by atoms with E-state index in [-0.39, 0.29) is 42.9 Å². The van der Waals surface area contributed by atoms with Crippen LogP contribution in [0.5, 0.6) is 0 Å². The van der Waals surface area contributed by atoms with Crippen molar-refractivity contribution in [3.05, 3.63) is 0 Å². The van der Waals surface area contributed by atoms with Crippen molar-refractivity contribution >= 4 is 30.7 Å². The molecular weight excluding hydrogens is 337 g/mol. The number of carbonyl (C=O) groups excluding carboxylic acids is 1. The largest absolute Gasteiger partial charge is 0.364 e. The Bertz CT molecular complexity index is 359. The smallest absolute Gasteiger partial charge is 0.251 e. The van der Waals surface area contributed by atoms with Gasteiger partial charge in [-0.15, -0.1) is 24.8 Å². The normalized spacial score (nSPS) is 29.2. The van der Waals surface area contributed by atoms with Crippen molar-refractivity contribution in [2.24, 2.45) is 11.7 Å². The van der Waals surface area contributed by atoms with Gasteiger partial charge in [-0.1, -0.05) is 0 Å². The lowest BCUT2D eigenvalue weighted by atomic mass is 9.96. The van der Waals surface area contributed by atoms with Crippen molar-refractivity contribution in [1.82, 2.24) is 9.80 Å². The number of amides is 1. The van der Waals surface area contributed by atoms with Gasteiger partial charge < -0.3 is 20.3 Å². The van der Waals surface area contributed by atoms with Crippen LogP contribution in [0, 0.1) is 5.92 Å². The average molecular weight is 368 g/mol. The quantitative estimate of drug-likeness (QED) is 0.820. The maximum absolute atomic E-state index is 12.5. The summed E-state index contributed by atoms with van der Waals surface area (Å²) < 4.78 is 5.74. The van der Waals surface area contributed by atoms with Gasteiger partial charge in [0.1, 0.15) is 6.10 Å². The summed E-state index contributed by atoms with van der Waals surface area (Å²) in [6.07, 6.45) is 6.65. The number of hydrogen-bond acceptors (Lipinski definition) is 4. The van der Waals surface area contributed by atoms with Gasteiger partial charge in [-0.2, -0.15) is 0 Å². The van der Waals surface area contributed by atoms with Crippen molar-refractivity contribution in [2.75, 3.05) is 39.3 Å². The third-order valence-corrected chi connectivity index (χ3v) is 5.29. The molecule has 1 amide bonds. The van der Waals surface area contributed by atoms with E-state index in [0.29, 0.717) is 6.54 Å². The van der Waals surface area contributed by atoms with Gasteiger partial charge in [0.2, 0.25) is 0 Å². The number of nitrogens with two attached hydrogens (primary N) is 1. The van der Waals surface area contributed by atoms with Crippen LogP contribution in [0.2, 0.25) is 0 Å². The van der Waals surface area contributed by atoms with E-state index < -0.39 is 0 Å². The molecule has 5 nitrogen and oxygen atoms in total. The van der Waals surface area contributed by atoms with Crippen LogP contribution in [0.15, 0.2) is 0 Å². The first-order valence-corrected chi connectivity index (χ1v) is 8.63. The van der Waals surface area contributed by atoms with Crippen LogP contribution in [0.25, 0.3) is 0 Å². The Kier molecular flexibility index (Phi) is 9.16. The standard InChI is InChI=1S/C16H29N3O2.2ClH/c17-11-14-3-4-15(21-14)16(20)19-9-5-13(6-10-19)12-18-7-1-2-8-18;;/h13-15H,1-12,17H2;2*1H/t14-,15+;;/m1../s1. The van der Waals surface area contributed by atoms with E-state index in [0.717, 1.165) is 44.7 Å². The van der Waals surface area contributed by atoms with E-state index in [9.17, 15) is 4.79 Å². The first-order chi connectivity index (χ1) is 10.3. The third-order valence-electron chi connectivity index (χ3n) is 5.29. The number of carbonyl (C=O) groups is 1. The fourth-order valence-electron chi connectivity index (χ4n) is 3.93. The highest BCUT2D eigenvalue weighted by Crippen LogP contribution is 2.25. The molecule has 3 saturated heterocycles. The second kappa shape index (κ2) is 10.0. The maximum atomic E-state index is 12.5. The van der Waals surface area contributed by atoms with Crippen molar-refractivity contribution in [2.45, 2.75) is 50.7 Å². The Morgan fingerprint density at radius 3 is 2.22 bits per heavy atom. The number of rotatable bonds is 4. The molecule has 0 radical (unpaired) electrons. The van der Waals surface area contributed by atoms with Gasteiger partial charge in [-0.25, -0.2) is 0 Å². The molecule has 3 rings (SSSR count). The van der Waals surface area contributed by atoms with Crippen molar-refractivity contribution < 1.29 is 9.53 Å². The Hall–Kier alpha value is -0.0700. The van der Waals surface area contributed by atoms with E-state index in [1.54, 1.807) is 0 Å². The van der Waals surface area contributed by atoms with Crippen LogP contribution >= 0.6 is 24.8 Å². The Morgan fingerprint density at radius 1 is 1.00 bits per heavy atom. The number of hydrogen-bond donors (Lipinski definition) is 1. The highest BCUT2D eigenvalue weighted by molar-refractivity contribution is 5.85. The molecule has 7 heteroatoms. The van der Waals surface area contributed by atoms with E-state index in [1.165, 1.54) is 32.5 Å². The number of likely N-dealkylation sites (tertiary alicyclic amines) is 2. The zero-order valence-corrected chi connectivity index (χ0v) is 15.5. The molecule has 0 aromatic carbocycles. The van der Waals surface area contributed by atoms with Crippen LogP contribution in [0.4, 0.5) is 0 Å². The maximum Gasteiger partial charge on any atom is 0.251 e.